The largest absolute Gasteiger partial charge is 0.480 e. The number of carboxylic acid groups (broad SMARTS) is 1. The number of nitrogens with zero attached hydrogens (tertiary/aromatic N) is 3. The zero-order chi connectivity index (χ0) is 14.7. The van der Waals surface area contributed by atoms with Crippen molar-refractivity contribution in [2.75, 3.05) is 37.7 Å². The first-order valence-corrected chi connectivity index (χ1v) is 7.01. The van der Waals surface area contributed by atoms with Gasteiger partial charge in [-0.1, -0.05) is 0 Å². The number of aromatic nitrogens is 2. The van der Waals surface area contributed by atoms with Crippen molar-refractivity contribution >= 4 is 11.9 Å². The molecule has 3 rings (SSSR count). The topological polar surface area (TPSA) is 96.8 Å². The van der Waals surface area contributed by atoms with Crippen LogP contribution in [0.3, 0.4) is 0 Å². The number of anilines is 1. The van der Waals surface area contributed by atoms with Crippen LogP contribution < -0.4 is 15.0 Å². The number of hydrogen-bond acceptors (Lipinski definition) is 7. The molecule has 2 atom stereocenters. The van der Waals surface area contributed by atoms with E-state index < -0.39 is 12.0 Å². The van der Waals surface area contributed by atoms with Gasteiger partial charge in [-0.05, 0) is 0 Å². The van der Waals surface area contributed by atoms with Crippen LogP contribution in [0.4, 0.5) is 5.95 Å². The first-order chi connectivity index (χ1) is 10.2. The molecule has 0 amide bonds. The SMILES string of the molecule is O=C(O)C1CC(Oc2ccnc(N3CCOCC3)n2)CN1. The molecule has 0 spiro atoms. The molecular formula is C13H18N4O4. The first kappa shape index (κ1) is 14.0. The third kappa shape index (κ3) is 3.40. The zero-order valence-corrected chi connectivity index (χ0v) is 11.6. The van der Waals surface area contributed by atoms with Crippen molar-refractivity contribution in [1.82, 2.24) is 15.3 Å². The maximum absolute atomic E-state index is 10.9. The Morgan fingerprint density at radius 1 is 1.48 bits per heavy atom. The maximum atomic E-state index is 10.9. The third-order valence-corrected chi connectivity index (χ3v) is 3.59. The van der Waals surface area contributed by atoms with E-state index in [0.29, 0.717) is 38.0 Å². The minimum Gasteiger partial charge on any atom is -0.480 e. The number of hydrogen-bond donors (Lipinski definition) is 2. The van der Waals surface area contributed by atoms with Crippen molar-refractivity contribution in [2.45, 2.75) is 18.6 Å². The highest BCUT2D eigenvalue weighted by Crippen LogP contribution is 2.18. The predicted octanol–water partition coefficient (Wildman–Crippen LogP) is -0.493. The molecule has 1 aromatic rings. The zero-order valence-electron chi connectivity index (χ0n) is 11.6. The lowest BCUT2D eigenvalue weighted by molar-refractivity contribution is -0.139. The molecule has 2 saturated heterocycles. The van der Waals surface area contributed by atoms with Crippen LogP contribution >= 0.6 is 0 Å². The standard InChI is InChI=1S/C13H18N4O4/c18-12(19)10-7-9(8-15-10)21-11-1-2-14-13(16-11)17-3-5-20-6-4-17/h1-2,9-10,15H,3-8H2,(H,18,19). The van der Waals surface area contributed by atoms with Crippen molar-refractivity contribution in [2.24, 2.45) is 0 Å². The molecule has 8 heteroatoms. The Labute approximate surface area is 122 Å². The number of nitrogens with one attached hydrogen (secondary N) is 1. The van der Waals surface area contributed by atoms with Crippen LogP contribution in [0.5, 0.6) is 5.88 Å². The van der Waals surface area contributed by atoms with E-state index in [1.165, 1.54) is 0 Å². The monoisotopic (exact) mass is 294 g/mol. The van der Waals surface area contributed by atoms with Gasteiger partial charge in [0.05, 0.1) is 13.2 Å². The number of aliphatic carboxylic acids is 1. The Kier molecular flexibility index (Phi) is 4.16. The van der Waals surface area contributed by atoms with Gasteiger partial charge in [0.2, 0.25) is 11.8 Å². The quantitative estimate of drug-likeness (QED) is 0.767. The summed E-state index contributed by atoms with van der Waals surface area (Å²) in [7, 11) is 0. The molecule has 2 aliphatic rings. The van der Waals surface area contributed by atoms with Gasteiger partial charge < -0.3 is 24.8 Å². The average molecular weight is 294 g/mol. The predicted molar refractivity (Wildman–Crippen MR) is 73.5 cm³/mol. The first-order valence-electron chi connectivity index (χ1n) is 7.01. The van der Waals surface area contributed by atoms with E-state index in [9.17, 15) is 4.79 Å². The van der Waals surface area contributed by atoms with Crippen LogP contribution in [0.25, 0.3) is 0 Å². The number of ether oxygens (including phenoxy) is 2. The van der Waals surface area contributed by atoms with Crippen molar-refractivity contribution in [1.29, 1.82) is 0 Å². The molecule has 2 N–H and O–H groups in total. The van der Waals surface area contributed by atoms with Crippen LogP contribution in [0.15, 0.2) is 12.3 Å². The van der Waals surface area contributed by atoms with E-state index in [1.807, 2.05) is 4.90 Å². The lowest BCUT2D eigenvalue weighted by atomic mass is 10.2. The average Bonchev–Trinajstić information content (AvgIpc) is 2.97. The van der Waals surface area contributed by atoms with Crippen LogP contribution in [-0.4, -0.2) is 66.0 Å². The lowest BCUT2D eigenvalue weighted by Crippen LogP contribution is -2.37. The Morgan fingerprint density at radius 3 is 3.00 bits per heavy atom. The molecule has 2 unspecified atom stereocenters. The Hall–Kier alpha value is -1.93. The van der Waals surface area contributed by atoms with Crippen molar-refractivity contribution in [3.8, 4) is 5.88 Å². The number of morpholine rings is 1. The summed E-state index contributed by atoms with van der Waals surface area (Å²) >= 11 is 0. The smallest absolute Gasteiger partial charge is 0.320 e. The molecule has 114 valence electrons. The number of carbonyl (C=O) groups is 1. The van der Waals surface area contributed by atoms with Gasteiger partial charge in [-0.2, -0.15) is 4.98 Å². The summed E-state index contributed by atoms with van der Waals surface area (Å²) in [5, 5.41) is 11.9. The normalized spacial score (nSPS) is 25.8. The second-order valence-corrected chi connectivity index (χ2v) is 5.07. The van der Waals surface area contributed by atoms with E-state index in [1.54, 1.807) is 12.3 Å². The molecule has 1 aromatic heterocycles. The van der Waals surface area contributed by atoms with E-state index in [4.69, 9.17) is 14.6 Å². The number of carboxylic acids is 1. The molecule has 0 aliphatic carbocycles. The summed E-state index contributed by atoms with van der Waals surface area (Å²) < 4.78 is 11.1. The summed E-state index contributed by atoms with van der Waals surface area (Å²) in [5.74, 6) is 0.249. The maximum Gasteiger partial charge on any atom is 0.320 e. The minimum absolute atomic E-state index is 0.182. The Morgan fingerprint density at radius 2 is 2.29 bits per heavy atom. The highest BCUT2D eigenvalue weighted by atomic mass is 16.5. The van der Waals surface area contributed by atoms with Gasteiger partial charge in [0.15, 0.2) is 0 Å². The van der Waals surface area contributed by atoms with E-state index in [-0.39, 0.29) is 6.10 Å². The highest BCUT2D eigenvalue weighted by Gasteiger charge is 2.30. The van der Waals surface area contributed by atoms with Crippen LogP contribution in [0, 0.1) is 0 Å². The molecule has 0 bridgehead atoms. The molecular weight excluding hydrogens is 276 g/mol. The second kappa shape index (κ2) is 6.23. The second-order valence-electron chi connectivity index (χ2n) is 5.07. The van der Waals surface area contributed by atoms with Crippen LogP contribution in [0.2, 0.25) is 0 Å². The molecule has 8 nitrogen and oxygen atoms in total. The van der Waals surface area contributed by atoms with Gasteiger partial charge in [0, 0.05) is 38.3 Å². The van der Waals surface area contributed by atoms with E-state index in [0.717, 1.165) is 13.1 Å². The van der Waals surface area contributed by atoms with Crippen molar-refractivity contribution in [3.63, 3.8) is 0 Å². The summed E-state index contributed by atoms with van der Waals surface area (Å²) in [6.45, 7) is 3.36. The van der Waals surface area contributed by atoms with E-state index >= 15 is 0 Å². The van der Waals surface area contributed by atoms with Crippen LogP contribution in [0.1, 0.15) is 6.42 Å². The molecule has 21 heavy (non-hydrogen) atoms. The molecule has 2 aliphatic heterocycles. The molecule has 3 heterocycles. The van der Waals surface area contributed by atoms with Gasteiger partial charge >= 0.3 is 5.97 Å². The molecule has 0 radical (unpaired) electrons. The van der Waals surface area contributed by atoms with E-state index in [2.05, 4.69) is 15.3 Å². The Balaban J connectivity index is 1.62. The fourth-order valence-electron chi connectivity index (χ4n) is 2.47. The van der Waals surface area contributed by atoms with Crippen molar-refractivity contribution < 1.29 is 19.4 Å². The summed E-state index contributed by atoms with van der Waals surface area (Å²) in [6.07, 6.45) is 1.91. The molecule has 0 saturated carbocycles. The lowest BCUT2D eigenvalue weighted by Gasteiger charge is -2.26. The highest BCUT2D eigenvalue weighted by molar-refractivity contribution is 5.73. The summed E-state index contributed by atoms with van der Waals surface area (Å²) in [6, 6.07) is 1.15. The fraction of sp³-hybridized carbons (Fsp3) is 0.615. The van der Waals surface area contributed by atoms with Gasteiger partial charge in [-0.15, -0.1) is 0 Å². The summed E-state index contributed by atoms with van der Waals surface area (Å²) in [5.41, 5.74) is 0. The number of rotatable bonds is 4. The summed E-state index contributed by atoms with van der Waals surface area (Å²) in [4.78, 5) is 21.6. The van der Waals surface area contributed by atoms with Gasteiger partial charge in [-0.3, -0.25) is 4.79 Å². The molecule has 2 fully saturated rings. The molecule has 0 aromatic carbocycles. The Bertz CT molecular complexity index is 507. The van der Waals surface area contributed by atoms with Gasteiger partial charge in [0.1, 0.15) is 12.1 Å². The fourth-order valence-corrected chi connectivity index (χ4v) is 2.47. The third-order valence-electron chi connectivity index (χ3n) is 3.59. The van der Waals surface area contributed by atoms with Crippen molar-refractivity contribution in [3.05, 3.63) is 12.3 Å². The van der Waals surface area contributed by atoms with Crippen LogP contribution in [-0.2, 0) is 9.53 Å². The van der Waals surface area contributed by atoms with Gasteiger partial charge in [-0.25, -0.2) is 4.98 Å². The minimum atomic E-state index is -0.849. The van der Waals surface area contributed by atoms with Gasteiger partial charge in [0.25, 0.3) is 0 Å².